The van der Waals surface area contributed by atoms with E-state index >= 15 is 0 Å². The monoisotopic (exact) mass is 553 g/mol. The van der Waals surface area contributed by atoms with Gasteiger partial charge in [-0.15, -0.1) is 13.2 Å². The predicted molar refractivity (Wildman–Crippen MR) is 132 cm³/mol. The molecule has 1 unspecified atom stereocenters. The van der Waals surface area contributed by atoms with Gasteiger partial charge in [0.2, 0.25) is 9.84 Å². The van der Waals surface area contributed by atoms with Crippen LogP contribution in [0.4, 0.5) is 13.2 Å². The van der Waals surface area contributed by atoms with Crippen LogP contribution in [0.1, 0.15) is 37.3 Å². The number of ether oxygens (including phenoxy) is 2. The molecule has 2 aromatic rings. The van der Waals surface area contributed by atoms with Crippen LogP contribution in [0.15, 0.2) is 53.4 Å². The molecule has 0 bridgehead atoms. The van der Waals surface area contributed by atoms with Crippen LogP contribution in [0.25, 0.3) is 6.08 Å². The van der Waals surface area contributed by atoms with Gasteiger partial charge in [-0.05, 0) is 67.2 Å². The number of hydrogen-bond acceptors (Lipinski definition) is 7. The van der Waals surface area contributed by atoms with Gasteiger partial charge in [-0.3, -0.25) is 15.0 Å². The number of carboxylic acid groups (broad SMARTS) is 1. The Kier molecular flexibility index (Phi) is 8.97. The molecular weight excluding hydrogens is 527 g/mol. The molecule has 8 nitrogen and oxygen atoms in total. The smallest absolute Gasteiger partial charge is 0.492 e. The third kappa shape index (κ3) is 7.21. The van der Waals surface area contributed by atoms with Gasteiger partial charge in [0, 0.05) is 6.42 Å². The van der Waals surface area contributed by atoms with Crippen LogP contribution in [0.5, 0.6) is 11.5 Å². The Hall–Kier alpha value is -3.67. The Bertz CT molecular complexity index is 1350. The van der Waals surface area contributed by atoms with E-state index in [0.29, 0.717) is 18.4 Å². The molecule has 0 heterocycles. The van der Waals surface area contributed by atoms with Crippen molar-refractivity contribution in [1.29, 1.82) is 5.41 Å². The molecule has 0 amide bonds. The van der Waals surface area contributed by atoms with Crippen LogP contribution in [-0.2, 0) is 25.8 Å². The summed E-state index contributed by atoms with van der Waals surface area (Å²) >= 11 is 0. The van der Waals surface area contributed by atoms with Crippen LogP contribution >= 0.6 is 0 Å². The van der Waals surface area contributed by atoms with E-state index in [2.05, 4.69) is 4.74 Å². The van der Waals surface area contributed by atoms with Gasteiger partial charge in [-0.2, -0.15) is 0 Å². The number of rotatable bonds is 11. The number of aliphatic carboxylic acids is 1. The van der Waals surface area contributed by atoms with E-state index < -0.39 is 51.1 Å². The summed E-state index contributed by atoms with van der Waals surface area (Å²) in [4.78, 5) is 23.7. The third-order valence-corrected chi connectivity index (χ3v) is 7.72. The second-order valence-corrected chi connectivity index (χ2v) is 10.6. The topological polar surface area (TPSA) is 131 Å². The Labute approximate surface area is 217 Å². The number of hydrogen-bond donors (Lipinski definition) is 2. The maximum absolute atomic E-state index is 13.1. The zero-order valence-corrected chi connectivity index (χ0v) is 21.1. The summed E-state index contributed by atoms with van der Waals surface area (Å²) in [5, 5.41) is 16.8. The van der Waals surface area contributed by atoms with Gasteiger partial charge in [0.05, 0.1) is 6.61 Å². The van der Waals surface area contributed by atoms with E-state index in [1.807, 2.05) is 0 Å². The van der Waals surface area contributed by atoms with E-state index in [-0.39, 0.29) is 28.7 Å². The summed E-state index contributed by atoms with van der Waals surface area (Å²) < 4.78 is 73.1. The molecule has 0 aromatic heterocycles. The molecule has 0 saturated heterocycles. The molecule has 1 aliphatic carbocycles. The van der Waals surface area contributed by atoms with Crippen molar-refractivity contribution in [2.75, 3.05) is 6.61 Å². The second-order valence-electron chi connectivity index (χ2n) is 8.68. The maximum Gasteiger partial charge on any atom is 0.573 e. The fourth-order valence-corrected chi connectivity index (χ4v) is 5.25. The quantitative estimate of drug-likeness (QED) is 0.172. The molecule has 12 heteroatoms. The predicted octanol–water partition coefficient (Wildman–Crippen LogP) is 5.06. The number of benzene rings is 2. The molecule has 0 aliphatic heterocycles. The molecule has 204 valence electrons. The highest BCUT2D eigenvalue weighted by atomic mass is 32.2. The number of sulfone groups is 1. The molecule has 1 saturated carbocycles. The summed E-state index contributed by atoms with van der Waals surface area (Å²) in [5.74, 6) is -3.71. The lowest BCUT2D eigenvalue weighted by molar-refractivity contribution is -0.274. The Morgan fingerprint density at radius 2 is 1.89 bits per heavy atom. The van der Waals surface area contributed by atoms with Gasteiger partial charge in [0.15, 0.2) is 5.78 Å². The number of nitrogens with one attached hydrogen (secondary N) is 1. The normalized spacial score (nSPS) is 15.1. The van der Waals surface area contributed by atoms with Crippen molar-refractivity contribution in [2.45, 2.75) is 43.9 Å². The molecular formula is C26H26F3NO7S. The number of carboxylic acids is 1. The lowest BCUT2D eigenvalue weighted by Gasteiger charge is -2.29. The highest BCUT2D eigenvalue weighted by molar-refractivity contribution is 8.06. The van der Waals surface area contributed by atoms with Crippen LogP contribution in [-0.4, -0.2) is 43.3 Å². The van der Waals surface area contributed by atoms with Gasteiger partial charge in [-0.25, -0.2) is 8.42 Å². The second kappa shape index (κ2) is 11.8. The molecule has 0 spiro atoms. The molecule has 1 fully saturated rings. The molecule has 0 radical (unpaired) electrons. The Morgan fingerprint density at radius 3 is 2.47 bits per heavy atom. The maximum atomic E-state index is 13.1. The third-order valence-electron chi connectivity index (χ3n) is 6.01. The summed E-state index contributed by atoms with van der Waals surface area (Å²) in [7, 11) is -4.39. The highest BCUT2D eigenvalue weighted by Crippen LogP contribution is 2.35. The van der Waals surface area contributed by atoms with Crippen molar-refractivity contribution in [3.8, 4) is 11.5 Å². The molecule has 1 atom stereocenters. The van der Waals surface area contributed by atoms with Crippen molar-refractivity contribution in [1.82, 2.24) is 0 Å². The fraction of sp³-hybridized carbons (Fsp3) is 0.346. The lowest BCUT2D eigenvalue weighted by atomic mass is 9.74. The van der Waals surface area contributed by atoms with Gasteiger partial charge in [0.1, 0.15) is 27.4 Å². The Morgan fingerprint density at radius 1 is 1.18 bits per heavy atom. The summed E-state index contributed by atoms with van der Waals surface area (Å²) in [5.41, 5.74) is 0.498. The van der Waals surface area contributed by atoms with Crippen LogP contribution < -0.4 is 9.47 Å². The molecule has 3 rings (SSSR count). The summed E-state index contributed by atoms with van der Waals surface area (Å²) in [6.07, 6.45) is -0.678. The average molecular weight is 554 g/mol. The van der Waals surface area contributed by atoms with Crippen LogP contribution in [0.2, 0.25) is 0 Å². The number of carbonyl (C=O) groups excluding carboxylic acids is 1. The largest absolute Gasteiger partial charge is 0.573 e. The minimum Gasteiger partial charge on any atom is -0.492 e. The van der Waals surface area contributed by atoms with Crippen molar-refractivity contribution in [2.24, 2.45) is 11.8 Å². The van der Waals surface area contributed by atoms with E-state index in [1.54, 1.807) is 6.92 Å². The first-order chi connectivity index (χ1) is 17.8. The van der Waals surface area contributed by atoms with Crippen molar-refractivity contribution in [3.63, 3.8) is 0 Å². The first-order valence-corrected chi connectivity index (χ1v) is 13.2. The molecule has 2 aromatic carbocycles. The van der Waals surface area contributed by atoms with Gasteiger partial charge in [-0.1, -0.05) is 30.7 Å². The minimum absolute atomic E-state index is 0.0849. The number of halogens is 3. The lowest BCUT2D eigenvalue weighted by Crippen LogP contribution is -2.34. The molecule has 38 heavy (non-hydrogen) atoms. The highest BCUT2D eigenvalue weighted by Gasteiger charge is 2.36. The number of alkyl halides is 3. The molecule has 2 N–H and O–H groups in total. The van der Waals surface area contributed by atoms with Crippen molar-refractivity contribution < 1.29 is 45.8 Å². The average Bonchev–Trinajstić information content (AvgIpc) is 2.78. The summed E-state index contributed by atoms with van der Waals surface area (Å²) in [6, 6.07) is 8.61. The number of allylic oxidation sites excluding steroid dienone is 1. The van der Waals surface area contributed by atoms with Gasteiger partial charge < -0.3 is 14.6 Å². The van der Waals surface area contributed by atoms with Gasteiger partial charge >= 0.3 is 12.3 Å². The first-order valence-electron chi connectivity index (χ1n) is 11.7. The minimum atomic E-state index is -4.92. The van der Waals surface area contributed by atoms with E-state index in [0.717, 1.165) is 24.6 Å². The van der Waals surface area contributed by atoms with Crippen LogP contribution in [0, 0.1) is 17.2 Å². The van der Waals surface area contributed by atoms with Crippen molar-refractivity contribution >= 4 is 32.7 Å². The SMILES string of the molecule is CCOc1cc(/C=C/C(=O)C(C(=O)O)C2CCC2)ccc1S(=O)(=O)C(=N)Cc1cccc(OC(F)(F)F)c1. The van der Waals surface area contributed by atoms with E-state index in [9.17, 15) is 36.3 Å². The fourth-order valence-electron chi connectivity index (χ4n) is 4.00. The number of carbonyl (C=O) groups is 2. The first kappa shape index (κ1) is 28.9. The van der Waals surface area contributed by atoms with E-state index in [1.165, 1.54) is 36.4 Å². The van der Waals surface area contributed by atoms with Crippen LogP contribution in [0.3, 0.4) is 0 Å². The van der Waals surface area contributed by atoms with Crippen molar-refractivity contribution in [3.05, 3.63) is 59.7 Å². The zero-order chi connectivity index (χ0) is 28.1. The standard InChI is InChI=1S/C26H26F3NO7S/c1-2-36-21-14-16(9-11-20(31)24(25(32)33)18-6-4-7-18)10-12-22(21)38(34,35)23(30)15-17-5-3-8-19(13-17)37-26(27,28)29/h3,5,8-14,18,24,30H,2,4,6-7,15H2,1H3,(H,32,33)/b11-9+,30-23?. The molecule has 1 aliphatic rings. The Balaban J connectivity index is 1.82. The van der Waals surface area contributed by atoms with Gasteiger partial charge in [0.25, 0.3) is 0 Å². The number of ketones is 1. The van der Waals surface area contributed by atoms with E-state index in [4.69, 9.17) is 10.1 Å². The summed E-state index contributed by atoms with van der Waals surface area (Å²) in [6.45, 7) is 1.71. The zero-order valence-electron chi connectivity index (χ0n) is 20.3.